The molecule has 0 aliphatic heterocycles. The van der Waals surface area contributed by atoms with Crippen molar-refractivity contribution < 1.29 is 4.79 Å². The molecule has 2 atom stereocenters. The maximum atomic E-state index is 12.1. The minimum atomic E-state index is -0.618. The Morgan fingerprint density at radius 2 is 2.20 bits per heavy atom. The Balaban J connectivity index is 2.81. The van der Waals surface area contributed by atoms with E-state index in [1.54, 1.807) is 0 Å². The van der Waals surface area contributed by atoms with Gasteiger partial charge in [0.2, 0.25) is 5.91 Å². The number of azide groups is 1. The van der Waals surface area contributed by atoms with E-state index in [-0.39, 0.29) is 17.2 Å². The lowest BCUT2D eigenvalue weighted by Gasteiger charge is -2.48. The van der Waals surface area contributed by atoms with E-state index in [9.17, 15) is 4.79 Å². The van der Waals surface area contributed by atoms with Crippen molar-refractivity contribution in [1.29, 1.82) is 0 Å². The number of hydrogen-bond donors (Lipinski definition) is 2. The van der Waals surface area contributed by atoms with E-state index in [1.807, 2.05) is 0 Å². The van der Waals surface area contributed by atoms with Crippen LogP contribution in [0.4, 0.5) is 0 Å². The number of rotatable bonds is 6. The van der Waals surface area contributed by atoms with Gasteiger partial charge in [0.25, 0.3) is 0 Å². The lowest BCUT2D eigenvalue weighted by molar-refractivity contribution is -0.131. The average Bonchev–Trinajstić information content (AvgIpc) is 2.37. The first kappa shape index (κ1) is 16.8. The average molecular weight is 281 g/mol. The molecule has 0 aromatic heterocycles. The van der Waals surface area contributed by atoms with E-state index >= 15 is 0 Å². The molecule has 6 nitrogen and oxygen atoms in total. The van der Waals surface area contributed by atoms with Crippen molar-refractivity contribution >= 4 is 5.91 Å². The highest BCUT2D eigenvalue weighted by Crippen LogP contribution is 2.44. The van der Waals surface area contributed by atoms with Crippen LogP contribution in [0.1, 0.15) is 52.9 Å². The summed E-state index contributed by atoms with van der Waals surface area (Å²) in [5, 5.41) is 6.91. The SMILES string of the molecule is CC(C)(C)C1CCCCC1(NCCCN=[N+]=[N-])C(N)=O. The highest BCUT2D eigenvalue weighted by molar-refractivity contribution is 5.85. The molecule has 1 amide bonds. The molecule has 6 heteroatoms. The van der Waals surface area contributed by atoms with Gasteiger partial charge in [0.05, 0.1) is 0 Å². The molecule has 1 rings (SSSR count). The molecule has 20 heavy (non-hydrogen) atoms. The first-order valence-electron chi connectivity index (χ1n) is 7.40. The number of hydrogen-bond acceptors (Lipinski definition) is 3. The van der Waals surface area contributed by atoms with Crippen LogP contribution in [0.15, 0.2) is 5.11 Å². The molecule has 1 aliphatic carbocycles. The van der Waals surface area contributed by atoms with Crippen molar-refractivity contribution in [2.24, 2.45) is 22.2 Å². The molecule has 1 saturated carbocycles. The normalized spacial score (nSPS) is 26.9. The Hall–Kier alpha value is -1.26. The summed E-state index contributed by atoms with van der Waals surface area (Å²) in [6.45, 7) is 7.60. The lowest BCUT2D eigenvalue weighted by atomic mass is 9.61. The maximum Gasteiger partial charge on any atom is 0.238 e. The summed E-state index contributed by atoms with van der Waals surface area (Å²) in [5.74, 6) is -0.0124. The van der Waals surface area contributed by atoms with Crippen LogP contribution in [0.5, 0.6) is 0 Å². The predicted molar refractivity (Wildman–Crippen MR) is 80.0 cm³/mol. The summed E-state index contributed by atoms with van der Waals surface area (Å²) in [7, 11) is 0. The molecular formula is C14H27N5O. The largest absolute Gasteiger partial charge is 0.368 e. The van der Waals surface area contributed by atoms with Crippen molar-refractivity contribution in [2.45, 2.75) is 58.4 Å². The first-order valence-corrected chi connectivity index (χ1v) is 7.40. The van der Waals surface area contributed by atoms with Gasteiger partial charge in [-0.05, 0) is 42.7 Å². The van der Waals surface area contributed by atoms with Crippen LogP contribution < -0.4 is 11.1 Å². The van der Waals surface area contributed by atoms with Gasteiger partial charge in [0.15, 0.2) is 0 Å². The number of primary amides is 1. The van der Waals surface area contributed by atoms with Crippen LogP contribution in [-0.4, -0.2) is 24.5 Å². The summed E-state index contributed by atoms with van der Waals surface area (Å²) in [4.78, 5) is 14.9. The lowest BCUT2D eigenvalue weighted by Crippen LogP contribution is -2.64. The Labute approximate surface area is 121 Å². The van der Waals surface area contributed by atoms with Crippen molar-refractivity contribution in [3.63, 3.8) is 0 Å². The summed E-state index contributed by atoms with van der Waals surface area (Å²) >= 11 is 0. The van der Waals surface area contributed by atoms with Gasteiger partial charge in [-0.1, -0.05) is 38.7 Å². The molecule has 2 unspecified atom stereocenters. The van der Waals surface area contributed by atoms with Crippen LogP contribution in [0, 0.1) is 11.3 Å². The second-order valence-electron chi connectivity index (χ2n) is 6.73. The maximum absolute atomic E-state index is 12.1. The molecule has 1 aliphatic rings. The molecule has 1 fully saturated rings. The molecule has 0 spiro atoms. The zero-order valence-corrected chi connectivity index (χ0v) is 12.9. The van der Waals surface area contributed by atoms with Gasteiger partial charge >= 0.3 is 0 Å². The monoisotopic (exact) mass is 281 g/mol. The van der Waals surface area contributed by atoms with Crippen LogP contribution >= 0.6 is 0 Å². The third-order valence-corrected chi connectivity index (χ3v) is 4.33. The minimum absolute atomic E-state index is 0.0350. The van der Waals surface area contributed by atoms with E-state index in [4.69, 9.17) is 11.3 Å². The molecule has 0 radical (unpaired) electrons. The number of amides is 1. The number of nitrogens with zero attached hydrogens (tertiary/aromatic N) is 3. The van der Waals surface area contributed by atoms with Crippen molar-refractivity contribution in [1.82, 2.24) is 5.32 Å². The number of nitrogens with two attached hydrogens (primary N) is 1. The van der Waals surface area contributed by atoms with Gasteiger partial charge in [0.1, 0.15) is 5.54 Å². The smallest absolute Gasteiger partial charge is 0.238 e. The summed E-state index contributed by atoms with van der Waals surface area (Å²) in [5.41, 5.74) is 13.4. The van der Waals surface area contributed by atoms with Gasteiger partial charge < -0.3 is 11.1 Å². The fourth-order valence-corrected chi connectivity index (χ4v) is 3.44. The van der Waals surface area contributed by atoms with Gasteiger partial charge in [0, 0.05) is 11.5 Å². The van der Waals surface area contributed by atoms with Crippen LogP contribution in [0.25, 0.3) is 10.4 Å². The molecule has 0 aromatic carbocycles. The molecule has 0 aromatic rings. The van der Waals surface area contributed by atoms with Crippen LogP contribution in [0.3, 0.4) is 0 Å². The predicted octanol–water partition coefficient (Wildman–Crippen LogP) is 2.74. The number of carbonyl (C=O) groups is 1. The van der Waals surface area contributed by atoms with Gasteiger partial charge in [-0.3, -0.25) is 4.79 Å². The quantitative estimate of drug-likeness (QED) is 0.338. The van der Waals surface area contributed by atoms with Crippen molar-refractivity contribution in [3.8, 4) is 0 Å². The first-order chi connectivity index (χ1) is 9.34. The number of carbonyl (C=O) groups excluding carboxylic acids is 1. The Bertz CT molecular complexity index is 384. The Morgan fingerprint density at radius 3 is 2.75 bits per heavy atom. The van der Waals surface area contributed by atoms with Crippen molar-refractivity contribution in [3.05, 3.63) is 10.4 Å². The fourth-order valence-electron chi connectivity index (χ4n) is 3.44. The summed E-state index contributed by atoms with van der Waals surface area (Å²) in [6, 6.07) is 0. The third kappa shape index (κ3) is 3.87. The topological polar surface area (TPSA) is 104 Å². The molecule has 114 valence electrons. The van der Waals surface area contributed by atoms with E-state index in [2.05, 4.69) is 36.1 Å². The fraction of sp³-hybridized carbons (Fsp3) is 0.929. The van der Waals surface area contributed by atoms with E-state index in [0.717, 1.165) is 32.1 Å². The van der Waals surface area contributed by atoms with Gasteiger partial charge in [-0.2, -0.15) is 0 Å². The van der Waals surface area contributed by atoms with Crippen molar-refractivity contribution in [2.75, 3.05) is 13.1 Å². The zero-order valence-electron chi connectivity index (χ0n) is 12.9. The van der Waals surface area contributed by atoms with E-state index in [0.29, 0.717) is 13.1 Å². The van der Waals surface area contributed by atoms with Crippen LogP contribution in [-0.2, 0) is 4.79 Å². The molecule has 3 N–H and O–H groups in total. The molecule has 0 heterocycles. The zero-order chi connectivity index (χ0) is 15.2. The summed E-state index contributed by atoms with van der Waals surface area (Å²) in [6.07, 6.45) is 4.72. The Kier molecular flexibility index (Phi) is 5.84. The Morgan fingerprint density at radius 1 is 1.50 bits per heavy atom. The highest BCUT2D eigenvalue weighted by atomic mass is 16.1. The molecular weight excluding hydrogens is 254 g/mol. The second-order valence-corrected chi connectivity index (χ2v) is 6.73. The third-order valence-electron chi connectivity index (χ3n) is 4.33. The van der Waals surface area contributed by atoms with E-state index in [1.165, 1.54) is 0 Å². The van der Waals surface area contributed by atoms with Gasteiger partial charge in [-0.15, -0.1) is 0 Å². The summed E-state index contributed by atoms with van der Waals surface area (Å²) < 4.78 is 0. The second kappa shape index (κ2) is 6.95. The highest BCUT2D eigenvalue weighted by Gasteiger charge is 2.49. The van der Waals surface area contributed by atoms with Crippen LogP contribution in [0.2, 0.25) is 0 Å². The molecule has 0 saturated heterocycles. The van der Waals surface area contributed by atoms with Gasteiger partial charge in [-0.25, -0.2) is 0 Å². The standard InChI is InChI=1S/C14H27N5O/c1-13(2,3)11-7-4-5-8-14(11,12(15)20)17-9-6-10-18-19-16/h11,17H,4-10H2,1-3H3,(H2,15,20). The molecule has 0 bridgehead atoms. The minimum Gasteiger partial charge on any atom is -0.368 e. The number of nitrogens with one attached hydrogen (secondary N) is 1. The van der Waals surface area contributed by atoms with E-state index < -0.39 is 5.54 Å².